The molecule has 1 amide bonds. The van der Waals surface area contributed by atoms with Gasteiger partial charge in [0.15, 0.2) is 0 Å². The molecule has 0 saturated heterocycles. The standard InChI is InChI=1S/C15H20N2O2/c1-3-16-15(18)6-4-5-11-10-17-14-8-7-12(19-2)9-13(11)14/h7-10,17H,3-6H2,1-2H3,(H,16,18). The molecule has 0 atom stereocenters. The van der Waals surface area contributed by atoms with Crippen molar-refractivity contribution in [2.45, 2.75) is 26.2 Å². The summed E-state index contributed by atoms with van der Waals surface area (Å²) in [5.41, 5.74) is 2.34. The number of H-pyrrole nitrogens is 1. The number of aromatic nitrogens is 1. The minimum Gasteiger partial charge on any atom is -0.497 e. The van der Waals surface area contributed by atoms with Gasteiger partial charge in [-0.25, -0.2) is 0 Å². The third-order valence-corrected chi connectivity index (χ3v) is 3.20. The highest BCUT2D eigenvalue weighted by molar-refractivity contribution is 5.84. The van der Waals surface area contributed by atoms with Crippen LogP contribution in [0.15, 0.2) is 24.4 Å². The van der Waals surface area contributed by atoms with E-state index in [1.807, 2.05) is 31.3 Å². The molecule has 0 fully saturated rings. The highest BCUT2D eigenvalue weighted by Crippen LogP contribution is 2.24. The summed E-state index contributed by atoms with van der Waals surface area (Å²) >= 11 is 0. The van der Waals surface area contributed by atoms with Gasteiger partial charge < -0.3 is 15.0 Å². The first-order valence-corrected chi connectivity index (χ1v) is 6.65. The van der Waals surface area contributed by atoms with Crippen molar-refractivity contribution in [2.75, 3.05) is 13.7 Å². The van der Waals surface area contributed by atoms with Crippen molar-refractivity contribution in [2.24, 2.45) is 0 Å². The van der Waals surface area contributed by atoms with E-state index in [0.29, 0.717) is 13.0 Å². The number of methoxy groups -OCH3 is 1. The smallest absolute Gasteiger partial charge is 0.219 e. The van der Waals surface area contributed by atoms with Crippen molar-refractivity contribution in [3.05, 3.63) is 30.0 Å². The van der Waals surface area contributed by atoms with Gasteiger partial charge in [0.25, 0.3) is 0 Å². The molecule has 4 nitrogen and oxygen atoms in total. The molecular formula is C15H20N2O2. The number of carbonyl (C=O) groups excluding carboxylic acids is 1. The summed E-state index contributed by atoms with van der Waals surface area (Å²) in [5.74, 6) is 0.983. The predicted molar refractivity (Wildman–Crippen MR) is 76.5 cm³/mol. The van der Waals surface area contributed by atoms with Gasteiger partial charge in [-0.3, -0.25) is 4.79 Å². The number of carbonyl (C=O) groups is 1. The van der Waals surface area contributed by atoms with Crippen LogP contribution in [0.5, 0.6) is 5.75 Å². The third-order valence-electron chi connectivity index (χ3n) is 3.20. The summed E-state index contributed by atoms with van der Waals surface area (Å²) in [7, 11) is 1.67. The molecule has 0 aliphatic carbocycles. The molecule has 0 aliphatic heterocycles. The second-order valence-electron chi connectivity index (χ2n) is 4.53. The van der Waals surface area contributed by atoms with Crippen LogP contribution in [0.4, 0.5) is 0 Å². The maximum absolute atomic E-state index is 11.4. The fourth-order valence-corrected chi connectivity index (χ4v) is 2.22. The van der Waals surface area contributed by atoms with E-state index in [0.717, 1.165) is 24.1 Å². The number of aryl methyl sites for hydroxylation is 1. The molecule has 2 N–H and O–H groups in total. The molecule has 0 aliphatic rings. The van der Waals surface area contributed by atoms with Crippen molar-refractivity contribution in [3.8, 4) is 5.75 Å². The zero-order chi connectivity index (χ0) is 13.7. The van der Waals surface area contributed by atoms with Crippen LogP contribution in [0.1, 0.15) is 25.3 Å². The SMILES string of the molecule is CCNC(=O)CCCc1c[nH]c2ccc(OC)cc12. The van der Waals surface area contributed by atoms with Crippen LogP contribution in [0, 0.1) is 0 Å². The highest BCUT2D eigenvalue weighted by atomic mass is 16.5. The Hall–Kier alpha value is -1.97. The summed E-state index contributed by atoms with van der Waals surface area (Å²) in [5, 5.41) is 3.99. The van der Waals surface area contributed by atoms with E-state index in [4.69, 9.17) is 4.74 Å². The lowest BCUT2D eigenvalue weighted by atomic mass is 10.1. The minimum atomic E-state index is 0.125. The Morgan fingerprint density at radius 2 is 2.26 bits per heavy atom. The molecule has 1 heterocycles. The van der Waals surface area contributed by atoms with Crippen LogP contribution in [-0.2, 0) is 11.2 Å². The average Bonchev–Trinajstić information content (AvgIpc) is 2.81. The van der Waals surface area contributed by atoms with Gasteiger partial charge in [-0.1, -0.05) is 0 Å². The van der Waals surface area contributed by atoms with E-state index in [9.17, 15) is 4.79 Å². The van der Waals surface area contributed by atoms with Crippen LogP contribution in [0.2, 0.25) is 0 Å². The van der Waals surface area contributed by atoms with Crippen molar-refractivity contribution in [1.82, 2.24) is 10.3 Å². The normalized spacial score (nSPS) is 10.6. The second-order valence-corrected chi connectivity index (χ2v) is 4.53. The fraction of sp³-hybridized carbons (Fsp3) is 0.400. The highest BCUT2D eigenvalue weighted by Gasteiger charge is 2.06. The van der Waals surface area contributed by atoms with Gasteiger partial charge in [0.2, 0.25) is 5.91 Å². The van der Waals surface area contributed by atoms with Crippen molar-refractivity contribution >= 4 is 16.8 Å². The summed E-state index contributed by atoms with van der Waals surface area (Å²) in [6, 6.07) is 5.99. The van der Waals surface area contributed by atoms with Gasteiger partial charge in [-0.15, -0.1) is 0 Å². The number of ether oxygens (including phenoxy) is 1. The summed E-state index contributed by atoms with van der Waals surface area (Å²) in [6.45, 7) is 2.63. The van der Waals surface area contributed by atoms with Crippen molar-refractivity contribution < 1.29 is 9.53 Å². The van der Waals surface area contributed by atoms with E-state index in [1.54, 1.807) is 7.11 Å². The first-order chi connectivity index (χ1) is 9.24. The van der Waals surface area contributed by atoms with Crippen molar-refractivity contribution in [1.29, 1.82) is 0 Å². The number of hydrogen-bond donors (Lipinski definition) is 2. The Balaban J connectivity index is 2.02. The van der Waals surface area contributed by atoms with Gasteiger partial charge in [0.05, 0.1) is 7.11 Å². The maximum Gasteiger partial charge on any atom is 0.219 e. The molecule has 102 valence electrons. The van der Waals surface area contributed by atoms with Crippen LogP contribution in [0.25, 0.3) is 10.9 Å². The van der Waals surface area contributed by atoms with E-state index in [2.05, 4.69) is 10.3 Å². The summed E-state index contributed by atoms with van der Waals surface area (Å²) in [6.07, 6.45) is 4.34. The number of aromatic amines is 1. The van der Waals surface area contributed by atoms with E-state index in [-0.39, 0.29) is 5.91 Å². The number of amides is 1. The largest absolute Gasteiger partial charge is 0.497 e. The molecule has 0 bridgehead atoms. The fourth-order valence-electron chi connectivity index (χ4n) is 2.22. The first-order valence-electron chi connectivity index (χ1n) is 6.65. The first kappa shape index (κ1) is 13.5. The summed E-state index contributed by atoms with van der Waals surface area (Å²) < 4.78 is 5.24. The van der Waals surface area contributed by atoms with Gasteiger partial charge >= 0.3 is 0 Å². The van der Waals surface area contributed by atoms with Crippen LogP contribution in [0.3, 0.4) is 0 Å². The molecule has 1 aromatic heterocycles. The predicted octanol–water partition coefficient (Wildman–Crippen LogP) is 2.64. The average molecular weight is 260 g/mol. The van der Waals surface area contributed by atoms with Gasteiger partial charge in [-0.05, 0) is 43.5 Å². The van der Waals surface area contributed by atoms with Crippen molar-refractivity contribution in [3.63, 3.8) is 0 Å². The van der Waals surface area contributed by atoms with Gasteiger partial charge in [-0.2, -0.15) is 0 Å². The molecule has 0 spiro atoms. The van der Waals surface area contributed by atoms with E-state index in [1.165, 1.54) is 10.9 Å². The Morgan fingerprint density at radius 1 is 1.42 bits per heavy atom. The lowest BCUT2D eigenvalue weighted by Gasteiger charge is -2.03. The molecule has 0 radical (unpaired) electrons. The number of benzene rings is 1. The molecule has 1 aromatic carbocycles. The van der Waals surface area contributed by atoms with Gasteiger partial charge in [0.1, 0.15) is 5.75 Å². The Kier molecular flexibility index (Phi) is 4.44. The van der Waals surface area contributed by atoms with Crippen LogP contribution in [-0.4, -0.2) is 24.5 Å². The Labute approximate surface area is 113 Å². The maximum atomic E-state index is 11.4. The minimum absolute atomic E-state index is 0.125. The van der Waals surface area contributed by atoms with Crippen LogP contribution < -0.4 is 10.1 Å². The second kappa shape index (κ2) is 6.27. The third kappa shape index (κ3) is 3.28. The molecule has 19 heavy (non-hydrogen) atoms. The molecule has 2 rings (SSSR count). The molecule has 2 aromatic rings. The number of hydrogen-bond acceptors (Lipinski definition) is 2. The molecule has 4 heteroatoms. The zero-order valence-corrected chi connectivity index (χ0v) is 11.5. The van der Waals surface area contributed by atoms with E-state index >= 15 is 0 Å². The summed E-state index contributed by atoms with van der Waals surface area (Å²) in [4.78, 5) is 14.6. The zero-order valence-electron chi connectivity index (χ0n) is 11.5. The lowest BCUT2D eigenvalue weighted by Crippen LogP contribution is -2.22. The topological polar surface area (TPSA) is 54.1 Å². The molecule has 0 unspecified atom stereocenters. The lowest BCUT2D eigenvalue weighted by molar-refractivity contribution is -0.121. The molecule has 0 saturated carbocycles. The Morgan fingerprint density at radius 3 is 3.00 bits per heavy atom. The number of rotatable bonds is 6. The molecular weight excluding hydrogens is 240 g/mol. The number of fused-ring (bicyclic) bond motifs is 1. The van der Waals surface area contributed by atoms with Gasteiger partial charge in [0, 0.05) is 30.1 Å². The monoisotopic (exact) mass is 260 g/mol. The van der Waals surface area contributed by atoms with Crippen LogP contribution >= 0.6 is 0 Å². The Bertz CT molecular complexity index is 560. The number of nitrogens with one attached hydrogen (secondary N) is 2. The van der Waals surface area contributed by atoms with E-state index < -0.39 is 0 Å². The quantitative estimate of drug-likeness (QED) is 0.839.